The number of aryl methyl sites for hydroxylation is 1. The molecule has 2 amide bonds. The van der Waals surface area contributed by atoms with Crippen LogP contribution in [0.25, 0.3) is 0 Å². The quantitative estimate of drug-likeness (QED) is 0.831. The van der Waals surface area contributed by atoms with E-state index >= 15 is 0 Å². The van der Waals surface area contributed by atoms with Gasteiger partial charge in [-0.05, 0) is 42.3 Å². The number of piperazine rings is 1. The maximum atomic E-state index is 13.5. The molecule has 1 saturated heterocycles. The lowest BCUT2D eigenvalue weighted by molar-refractivity contribution is 0.0533. The van der Waals surface area contributed by atoms with E-state index in [1.54, 1.807) is 9.80 Å². The van der Waals surface area contributed by atoms with Gasteiger partial charge in [-0.3, -0.25) is 9.59 Å². The van der Waals surface area contributed by atoms with Crippen LogP contribution in [0, 0.1) is 5.82 Å². The molecule has 0 unspecified atom stereocenters. The van der Waals surface area contributed by atoms with Crippen LogP contribution >= 0.6 is 0 Å². The number of benzene rings is 2. The van der Waals surface area contributed by atoms with E-state index in [-0.39, 0.29) is 17.4 Å². The second-order valence-electron chi connectivity index (χ2n) is 6.48. The summed E-state index contributed by atoms with van der Waals surface area (Å²) in [5.74, 6) is -0.460. The molecule has 0 saturated carbocycles. The molecular weight excluding hydrogens is 347 g/mol. The Hall–Kier alpha value is -2.89. The Morgan fingerprint density at radius 2 is 1.56 bits per heavy atom. The summed E-state index contributed by atoms with van der Waals surface area (Å²) in [7, 11) is 1.45. The van der Waals surface area contributed by atoms with Crippen LogP contribution < -0.4 is 4.74 Å². The van der Waals surface area contributed by atoms with Crippen LogP contribution in [0.4, 0.5) is 4.39 Å². The zero-order chi connectivity index (χ0) is 19.4. The molecule has 0 aromatic heterocycles. The summed E-state index contributed by atoms with van der Waals surface area (Å²) < 4.78 is 18.7. The van der Waals surface area contributed by atoms with Crippen molar-refractivity contribution in [2.45, 2.75) is 13.3 Å². The Kier molecular flexibility index (Phi) is 5.74. The number of hydrogen-bond donors (Lipinski definition) is 0. The van der Waals surface area contributed by atoms with Crippen molar-refractivity contribution in [3.8, 4) is 5.75 Å². The Morgan fingerprint density at radius 3 is 2.11 bits per heavy atom. The lowest BCUT2D eigenvalue weighted by atomic mass is 10.1. The summed E-state index contributed by atoms with van der Waals surface area (Å²) in [5, 5.41) is 0. The molecule has 0 radical (unpaired) electrons. The first-order valence-electron chi connectivity index (χ1n) is 9.04. The average molecular weight is 370 g/mol. The number of rotatable bonds is 4. The first-order valence-corrected chi connectivity index (χ1v) is 9.04. The minimum atomic E-state index is -0.483. The normalized spacial score (nSPS) is 14.2. The number of carbonyl (C=O) groups excluding carboxylic acids is 2. The van der Waals surface area contributed by atoms with Gasteiger partial charge in [0.25, 0.3) is 11.8 Å². The van der Waals surface area contributed by atoms with E-state index in [4.69, 9.17) is 4.74 Å². The maximum absolute atomic E-state index is 13.5. The number of nitrogens with zero attached hydrogens (tertiary/aromatic N) is 2. The standard InChI is InChI=1S/C21H23FN2O3/c1-3-15-4-6-16(7-5-15)20(25)23-10-12-24(13-11-23)21(26)18-14-17(22)8-9-19(18)27-2/h4-9,14H,3,10-13H2,1-2H3. The third-order valence-electron chi connectivity index (χ3n) is 4.86. The molecule has 2 aromatic carbocycles. The van der Waals surface area contributed by atoms with Crippen molar-refractivity contribution < 1.29 is 18.7 Å². The van der Waals surface area contributed by atoms with Crippen LogP contribution in [-0.2, 0) is 6.42 Å². The zero-order valence-electron chi connectivity index (χ0n) is 15.6. The van der Waals surface area contributed by atoms with Gasteiger partial charge >= 0.3 is 0 Å². The Labute approximate surface area is 158 Å². The van der Waals surface area contributed by atoms with Crippen molar-refractivity contribution in [2.24, 2.45) is 0 Å². The van der Waals surface area contributed by atoms with Crippen molar-refractivity contribution in [3.63, 3.8) is 0 Å². The molecule has 1 heterocycles. The highest BCUT2D eigenvalue weighted by molar-refractivity contribution is 5.97. The number of hydrogen-bond acceptors (Lipinski definition) is 3. The molecule has 1 aliphatic rings. The molecule has 1 fully saturated rings. The molecule has 1 aliphatic heterocycles. The summed E-state index contributed by atoms with van der Waals surface area (Å²) in [6.07, 6.45) is 0.929. The highest BCUT2D eigenvalue weighted by Gasteiger charge is 2.27. The van der Waals surface area contributed by atoms with Gasteiger partial charge in [-0.25, -0.2) is 4.39 Å². The van der Waals surface area contributed by atoms with E-state index in [1.807, 2.05) is 24.3 Å². The fraction of sp³-hybridized carbons (Fsp3) is 0.333. The Bertz CT molecular complexity index is 828. The van der Waals surface area contributed by atoms with Crippen LogP contribution in [0.2, 0.25) is 0 Å². The molecule has 27 heavy (non-hydrogen) atoms. The van der Waals surface area contributed by atoms with Crippen LogP contribution in [0.1, 0.15) is 33.2 Å². The second kappa shape index (κ2) is 8.20. The van der Waals surface area contributed by atoms with Crippen LogP contribution in [-0.4, -0.2) is 54.9 Å². The van der Waals surface area contributed by atoms with Gasteiger partial charge in [-0.15, -0.1) is 0 Å². The average Bonchev–Trinajstić information content (AvgIpc) is 2.73. The topological polar surface area (TPSA) is 49.9 Å². The van der Waals surface area contributed by atoms with Gasteiger partial charge in [0.15, 0.2) is 0 Å². The van der Waals surface area contributed by atoms with Crippen molar-refractivity contribution in [2.75, 3.05) is 33.3 Å². The fourth-order valence-corrected chi connectivity index (χ4v) is 3.20. The SMILES string of the molecule is CCc1ccc(C(=O)N2CCN(C(=O)c3cc(F)ccc3OC)CC2)cc1. The molecule has 6 heteroatoms. The number of ether oxygens (including phenoxy) is 1. The van der Waals surface area contributed by atoms with Crippen LogP contribution in [0.3, 0.4) is 0 Å². The summed E-state index contributed by atoms with van der Waals surface area (Å²) >= 11 is 0. The van der Waals surface area contributed by atoms with Gasteiger partial charge in [0.2, 0.25) is 0 Å². The molecule has 0 bridgehead atoms. The first kappa shape index (κ1) is 18.9. The summed E-state index contributed by atoms with van der Waals surface area (Å²) in [6, 6.07) is 11.5. The molecule has 142 valence electrons. The van der Waals surface area contributed by atoms with Crippen molar-refractivity contribution in [1.29, 1.82) is 0 Å². The molecule has 0 aliphatic carbocycles. The number of methoxy groups -OCH3 is 1. The number of halogens is 1. The lowest BCUT2D eigenvalue weighted by Gasteiger charge is -2.35. The van der Waals surface area contributed by atoms with Crippen molar-refractivity contribution >= 4 is 11.8 Å². The largest absolute Gasteiger partial charge is 0.496 e. The Morgan fingerprint density at radius 1 is 0.963 bits per heavy atom. The van der Waals surface area contributed by atoms with Gasteiger partial charge < -0.3 is 14.5 Å². The molecule has 2 aromatic rings. The lowest BCUT2D eigenvalue weighted by Crippen LogP contribution is -2.50. The monoisotopic (exact) mass is 370 g/mol. The summed E-state index contributed by atoms with van der Waals surface area (Å²) in [4.78, 5) is 28.7. The highest BCUT2D eigenvalue weighted by atomic mass is 19.1. The van der Waals surface area contributed by atoms with Gasteiger partial charge in [0.05, 0.1) is 12.7 Å². The number of carbonyl (C=O) groups is 2. The molecule has 0 spiro atoms. The third-order valence-corrected chi connectivity index (χ3v) is 4.86. The van der Waals surface area contributed by atoms with Crippen LogP contribution in [0.5, 0.6) is 5.75 Å². The van der Waals surface area contributed by atoms with Gasteiger partial charge in [-0.2, -0.15) is 0 Å². The predicted molar refractivity (Wildman–Crippen MR) is 101 cm³/mol. The predicted octanol–water partition coefficient (Wildman–Crippen LogP) is 2.99. The number of amides is 2. The molecule has 3 rings (SSSR count). The van der Waals surface area contributed by atoms with E-state index in [0.717, 1.165) is 6.42 Å². The maximum Gasteiger partial charge on any atom is 0.257 e. The highest BCUT2D eigenvalue weighted by Crippen LogP contribution is 2.22. The molecule has 0 N–H and O–H groups in total. The summed E-state index contributed by atoms with van der Waals surface area (Å²) in [6.45, 7) is 3.75. The van der Waals surface area contributed by atoms with E-state index < -0.39 is 5.82 Å². The molecule has 0 atom stereocenters. The van der Waals surface area contributed by atoms with E-state index in [2.05, 4.69) is 6.92 Å². The van der Waals surface area contributed by atoms with Gasteiger partial charge in [-0.1, -0.05) is 19.1 Å². The third kappa shape index (κ3) is 4.10. The first-order chi connectivity index (χ1) is 13.0. The molecular formula is C21H23FN2O3. The van der Waals surface area contributed by atoms with Gasteiger partial charge in [0, 0.05) is 31.7 Å². The molecule has 5 nitrogen and oxygen atoms in total. The van der Waals surface area contributed by atoms with E-state index in [1.165, 1.54) is 30.9 Å². The smallest absolute Gasteiger partial charge is 0.257 e. The minimum absolute atomic E-state index is 0.0342. The second-order valence-corrected chi connectivity index (χ2v) is 6.48. The van der Waals surface area contributed by atoms with E-state index in [9.17, 15) is 14.0 Å². The zero-order valence-corrected chi connectivity index (χ0v) is 15.6. The minimum Gasteiger partial charge on any atom is -0.496 e. The van der Waals surface area contributed by atoms with Crippen molar-refractivity contribution in [3.05, 3.63) is 65.0 Å². The van der Waals surface area contributed by atoms with Crippen molar-refractivity contribution in [1.82, 2.24) is 9.80 Å². The van der Waals surface area contributed by atoms with E-state index in [0.29, 0.717) is 37.5 Å². The summed E-state index contributed by atoms with van der Waals surface area (Å²) in [5.41, 5.74) is 2.04. The van der Waals surface area contributed by atoms with Crippen LogP contribution in [0.15, 0.2) is 42.5 Å². The Balaban J connectivity index is 1.65. The van der Waals surface area contributed by atoms with Gasteiger partial charge in [0.1, 0.15) is 11.6 Å². The fourth-order valence-electron chi connectivity index (χ4n) is 3.20.